The van der Waals surface area contributed by atoms with Crippen LogP contribution in [-0.2, 0) is 10.0 Å². The summed E-state index contributed by atoms with van der Waals surface area (Å²) in [7, 11) is -3.65. The number of rotatable bonds is 10. The summed E-state index contributed by atoms with van der Waals surface area (Å²) in [5.41, 5.74) is 1.91. The zero-order valence-electron chi connectivity index (χ0n) is 20.8. The highest BCUT2D eigenvalue weighted by Crippen LogP contribution is 2.25. The predicted octanol–water partition coefficient (Wildman–Crippen LogP) is 3.49. The molecule has 3 rings (SSSR count). The lowest BCUT2D eigenvalue weighted by Gasteiger charge is -2.26. The molecule has 2 amide bonds. The Balaban J connectivity index is 1.64. The maximum atomic E-state index is 13.1. The Kier molecular flexibility index (Phi) is 9.42. The van der Waals surface area contributed by atoms with E-state index >= 15 is 0 Å². The summed E-state index contributed by atoms with van der Waals surface area (Å²) < 4.78 is 27.8. The molecule has 1 aliphatic heterocycles. The summed E-state index contributed by atoms with van der Waals surface area (Å²) in [6.45, 7) is 10.2. The van der Waals surface area contributed by atoms with Crippen molar-refractivity contribution in [3.63, 3.8) is 0 Å². The van der Waals surface area contributed by atoms with Gasteiger partial charge in [0.2, 0.25) is 10.0 Å². The number of aryl methyl sites for hydroxylation is 1. The molecular weight excluding hydrogens is 464 g/mol. The van der Waals surface area contributed by atoms with Crippen molar-refractivity contribution in [2.24, 2.45) is 0 Å². The van der Waals surface area contributed by atoms with Gasteiger partial charge in [-0.2, -0.15) is 4.31 Å². The Morgan fingerprint density at radius 2 is 1.54 bits per heavy atom. The van der Waals surface area contributed by atoms with Crippen LogP contribution in [0.1, 0.15) is 59.4 Å². The van der Waals surface area contributed by atoms with E-state index < -0.39 is 15.9 Å². The molecule has 2 aromatic rings. The molecule has 9 heteroatoms. The molecule has 1 saturated heterocycles. The highest BCUT2D eigenvalue weighted by Gasteiger charge is 2.28. The third-order valence-corrected chi connectivity index (χ3v) is 8.44. The number of carbonyl (C=O) groups is 2. The molecular formula is C26H36N4O4S. The largest absolute Gasteiger partial charge is 0.351 e. The Bertz CT molecular complexity index is 1120. The van der Waals surface area contributed by atoms with Crippen LogP contribution in [0.25, 0.3) is 0 Å². The normalized spacial score (nSPS) is 14.6. The van der Waals surface area contributed by atoms with Gasteiger partial charge in [-0.05, 0) is 74.8 Å². The van der Waals surface area contributed by atoms with Crippen LogP contribution in [0.2, 0.25) is 0 Å². The fourth-order valence-corrected chi connectivity index (χ4v) is 5.91. The van der Waals surface area contributed by atoms with Crippen LogP contribution >= 0.6 is 0 Å². The molecule has 0 bridgehead atoms. The minimum absolute atomic E-state index is 0.166. The molecule has 0 unspecified atom stereocenters. The Labute approximate surface area is 208 Å². The van der Waals surface area contributed by atoms with Crippen molar-refractivity contribution in [3.05, 3.63) is 59.2 Å². The monoisotopic (exact) mass is 500 g/mol. The van der Waals surface area contributed by atoms with Gasteiger partial charge in [-0.25, -0.2) is 8.42 Å². The van der Waals surface area contributed by atoms with E-state index in [1.54, 1.807) is 43.3 Å². The third kappa shape index (κ3) is 6.90. The fourth-order valence-electron chi connectivity index (χ4n) is 4.14. The number of carbonyl (C=O) groups excluding carboxylic acids is 2. The average molecular weight is 501 g/mol. The Morgan fingerprint density at radius 3 is 2.17 bits per heavy atom. The number of benzene rings is 2. The number of likely N-dealkylation sites (N-methyl/N-ethyl adjacent to an activating group) is 1. The molecule has 2 N–H and O–H groups in total. The van der Waals surface area contributed by atoms with E-state index in [9.17, 15) is 18.0 Å². The molecule has 1 fully saturated rings. The molecule has 35 heavy (non-hydrogen) atoms. The second kappa shape index (κ2) is 12.3. The fraction of sp³-hybridized carbons (Fsp3) is 0.462. The second-order valence-electron chi connectivity index (χ2n) is 8.76. The molecule has 0 aliphatic carbocycles. The van der Waals surface area contributed by atoms with E-state index in [0.29, 0.717) is 36.4 Å². The van der Waals surface area contributed by atoms with Crippen molar-refractivity contribution in [1.29, 1.82) is 0 Å². The van der Waals surface area contributed by atoms with Crippen molar-refractivity contribution >= 4 is 27.5 Å². The van der Waals surface area contributed by atoms with E-state index in [4.69, 9.17) is 0 Å². The summed E-state index contributed by atoms with van der Waals surface area (Å²) in [5.74, 6) is -0.572. The lowest BCUT2D eigenvalue weighted by molar-refractivity contribution is 0.0948. The van der Waals surface area contributed by atoms with Crippen LogP contribution < -0.4 is 10.6 Å². The summed E-state index contributed by atoms with van der Waals surface area (Å²) in [4.78, 5) is 27.6. The van der Waals surface area contributed by atoms with Gasteiger partial charge >= 0.3 is 0 Å². The lowest BCUT2D eigenvalue weighted by atomic mass is 10.1. The average Bonchev–Trinajstić information content (AvgIpc) is 2.87. The van der Waals surface area contributed by atoms with Crippen molar-refractivity contribution in [2.45, 2.75) is 44.9 Å². The highest BCUT2D eigenvalue weighted by atomic mass is 32.2. The van der Waals surface area contributed by atoms with Crippen LogP contribution in [-0.4, -0.2) is 68.7 Å². The van der Waals surface area contributed by atoms with E-state index in [1.165, 1.54) is 10.4 Å². The summed E-state index contributed by atoms with van der Waals surface area (Å²) in [6.07, 6.45) is 2.73. The zero-order chi connectivity index (χ0) is 25.4. The van der Waals surface area contributed by atoms with Gasteiger partial charge in [-0.3, -0.25) is 9.59 Å². The van der Waals surface area contributed by atoms with Crippen molar-refractivity contribution in [2.75, 3.05) is 44.6 Å². The number of hydrogen-bond donors (Lipinski definition) is 2. The molecule has 190 valence electrons. The maximum absolute atomic E-state index is 13.1. The Hall–Kier alpha value is -2.75. The smallest absolute Gasteiger partial charge is 0.255 e. The number of sulfonamides is 1. The predicted molar refractivity (Wildman–Crippen MR) is 138 cm³/mol. The minimum Gasteiger partial charge on any atom is -0.351 e. The SMILES string of the molecule is CCN(CC)CCNC(=O)c1ccc(NC(=O)c2ccc(C)c(S(=O)(=O)N3CCCCC3)c2)cc1. The summed E-state index contributed by atoms with van der Waals surface area (Å²) in [6, 6.07) is 11.4. The van der Waals surface area contributed by atoms with Crippen LogP contribution in [0, 0.1) is 6.92 Å². The summed E-state index contributed by atoms with van der Waals surface area (Å²) in [5, 5.41) is 5.70. The molecule has 0 aromatic heterocycles. The van der Waals surface area contributed by atoms with E-state index in [-0.39, 0.29) is 16.4 Å². The molecule has 1 aliphatic rings. The zero-order valence-corrected chi connectivity index (χ0v) is 21.7. The quantitative estimate of drug-likeness (QED) is 0.520. The van der Waals surface area contributed by atoms with Crippen molar-refractivity contribution in [3.8, 4) is 0 Å². The van der Waals surface area contributed by atoms with Crippen LogP contribution in [0.5, 0.6) is 0 Å². The summed E-state index contributed by atoms with van der Waals surface area (Å²) >= 11 is 0. The van der Waals surface area contributed by atoms with Gasteiger partial charge in [0, 0.05) is 43.0 Å². The second-order valence-corrected chi connectivity index (χ2v) is 10.7. The Morgan fingerprint density at radius 1 is 0.914 bits per heavy atom. The van der Waals surface area contributed by atoms with Crippen LogP contribution in [0.15, 0.2) is 47.4 Å². The first-order chi connectivity index (χ1) is 16.8. The van der Waals surface area contributed by atoms with E-state index in [0.717, 1.165) is 38.9 Å². The maximum Gasteiger partial charge on any atom is 0.255 e. The molecule has 0 spiro atoms. The number of hydrogen-bond acceptors (Lipinski definition) is 5. The number of nitrogens with one attached hydrogen (secondary N) is 2. The van der Waals surface area contributed by atoms with Gasteiger partial charge in [0.25, 0.3) is 11.8 Å². The number of amides is 2. The number of nitrogens with zero attached hydrogens (tertiary/aromatic N) is 2. The third-order valence-electron chi connectivity index (χ3n) is 6.40. The minimum atomic E-state index is -3.65. The topological polar surface area (TPSA) is 98.8 Å². The first-order valence-corrected chi connectivity index (χ1v) is 13.7. The van der Waals surface area contributed by atoms with Gasteiger partial charge < -0.3 is 15.5 Å². The van der Waals surface area contributed by atoms with Gasteiger partial charge in [0.1, 0.15) is 0 Å². The number of anilines is 1. The van der Waals surface area contributed by atoms with Gasteiger partial charge in [0.05, 0.1) is 4.90 Å². The lowest BCUT2D eigenvalue weighted by Crippen LogP contribution is -2.36. The van der Waals surface area contributed by atoms with Gasteiger partial charge in [-0.1, -0.05) is 26.3 Å². The first-order valence-electron chi connectivity index (χ1n) is 12.3. The van der Waals surface area contributed by atoms with Crippen LogP contribution in [0.3, 0.4) is 0 Å². The van der Waals surface area contributed by atoms with E-state index in [2.05, 4.69) is 29.4 Å². The number of piperidine rings is 1. The molecule has 1 heterocycles. The molecule has 0 atom stereocenters. The standard InChI is InChI=1S/C26H36N4O4S/c1-4-29(5-2)18-15-27-25(31)21-11-13-23(14-12-21)28-26(32)22-10-9-20(3)24(19-22)35(33,34)30-16-7-6-8-17-30/h9-14,19H,4-8,15-18H2,1-3H3,(H,27,31)(H,28,32). The van der Waals surface area contributed by atoms with E-state index in [1.807, 2.05) is 0 Å². The first kappa shape index (κ1) is 26.8. The van der Waals surface area contributed by atoms with Gasteiger partial charge in [0.15, 0.2) is 0 Å². The van der Waals surface area contributed by atoms with Crippen molar-refractivity contribution < 1.29 is 18.0 Å². The van der Waals surface area contributed by atoms with Crippen LogP contribution in [0.4, 0.5) is 5.69 Å². The van der Waals surface area contributed by atoms with Crippen molar-refractivity contribution in [1.82, 2.24) is 14.5 Å². The molecule has 8 nitrogen and oxygen atoms in total. The van der Waals surface area contributed by atoms with Gasteiger partial charge in [-0.15, -0.1) is 0 Å². The molecule has 0 radical (unpaired) electrons. The molecule has 2 aromatic carbocycles. The molecule has 0 saturated carbocycles. The highest BCUT2D eigenvalue weighted by molar-refractivity contribution is 7.89.